The van der Waals surface area contributed by atoms with Crippen LogP contribution in [0.15, 0.2) is 48.8 Å². The molecule has 4 bridgehead atoms. The first-order valence-electron chi connectivity index (χ1n) is 14.9. The molecule has 0 spiro atoms. The molecule has 3 heterocycles. The molecule has 44 heavy (non-hydrogen) atoms. The van der Waals surface area contributed by atoms with Crippen molar-refractivity contribution in [3.05, 3.63) is 71.6 Å². The molecule has 2 aliphatic heterocycles. The number of carbonyl (C=O) groups excluding carboxylic acids is 3. The molecular formula is C32H38FN5O6. The molecule has 2 aliphatic rings. The quantitative estimate of drug-likeness (QED) is 0.457. The van der Waals surface area contributed by atoms with E-state index in [2.05, 4.69) is 15.6 Å². The molecule has 5 rings (SSSR count). The highest BCUT2D eigenvalue weighted by molar-refractivity contribution is 5.79. The topological polar surface area (TPSA) is 124 Å². The van der Waals surface area contributed by atoms with Crippen molar-refractivity contribution in [3.8, 4) is 17.2 Å². The third kappa shape index (κ3) is 7.86. The van der Waals surface area contributed by atoms with Gasteiger partial charge in [-0.2, -0.15) is 0 Å². The van der Waals surface area contributed by atoms with Crippen LogP contribution in [0.5, 0.6) is 17.2 Å². The van der Waals surface area contributed by atoms with Crippen LogP contribution >= 0.6 is 0 Å². The highest BCUT2D eigenvalue weighted by Gasteiger charge is 2.34. The first-order chi connectivity index (χ1) is 21.3. The maximum Gasteiger partial charge on any atom is 0.258 e. The SMILES string of the molecule is CCc1nccn1CCC(=O)N1CC[C@H]2Oc3cc(F)cc(c3)CNC(=O)CCc3ccc(OC)c(c3)OCC(=O)N[C@@H]2C1. The summed E-state index contributed by atoms with van der Waals surface area (Å²) in [5.41, 5.74) is 1.39. The van der Waals surface area contributed by atoms with Crippen LogP contribution in [0.25, 0.3) is 0 Å². The van der Waals surface area contributed by atoms with Crippen molar-refractivity contribution in [3.63, 3.8) is 0 Å². The Hall–Kier alpha value is -4.61. The average molecular weight is 608 g/mol. The maximum absolute atomic E-state index is 14.6. The Morgan fingerprint density at radius 2 is 2.00 bits per heavy atom. The van der Waals surface area contributed by atoms with Crippen molar-refractivity contribution >= 4 is 17.7 Å². The lowest BCUT2D eigenvalue weighted by Gasteiger charge is -2.39. The van der Waals surface area contributed by atoms with E-state index in [0.29, 0.717) is 43.0 Å². The lowest BCUT2D eigenvalue weighted by atomic mass is 10.0. The molecule has 2 atom stereocenters. The van der Waals surface area contributed by atoms with Crippen LogP contribution in [0.1, 0.15) is 43.1 Å². The van der Waals surface area contributed by atoms with Gasteiger partial charge in [0.05, 0.1) is 13.2 Å². The van der Waals surface area contributed by atoms with Gasteiger partial charge in [-0.3, -0.25) is 14.4 Å². The second kappa shape index (κ2) is 14.2. The lowest BCUT2D eigenvalue weighted by molar-refractivity contribution is -0.135. The number of rotatable bonds is 5. The number of imidazole rings is 1. The number of piperidine rings is 1. The van der Waals surface area contributed by atoms with E-state index in [1.807, 2.05) is 23.8 Å². The molecule has 1 saturated heterocycles. The Bertz CT molecular complexity index is 1490. The number of methoxy groups -OCH3 is 1. The highest BCUT2D eigenvalue weighted by atomic mass is 19.1. The van der Waals surface area contributed by atoms with Gasteiger partial charge in [0.15, 0.2) is 18.1 Å². The smallest absolute Gasteiger partial charge is 0.258 e. The number of nitrogens with zero attached hydrogens (tertiary/aromatic N) is 3. The summed E-state index contributed by atoms with van der Waals surface area (Å²) < 4.78 is 34.0. The number of ether oxygens (including phenoxy) is 3. The zero-order valence-corrected chi connectivity index (χ0v) is 25.0. The van der Waals surface area contributed by atoms with Crippen LogP contribution in [0.2, 0.25) is 0 Å². The van der Waals surface area contributed by atoms with Gasteiger partial charge in [-0.15, -0.1) is 0 Å². The van der Waals surface area contributed by atoms with Crippen LogP contribution in [0.3, 0.4) is 0 Å². The van der Waals surface area contributed by atoms with Gasteiger partial charge in [0.2, 0.25) is 11.8 Å². The average Bonchev–Trinajstić information content (AvgIpc) is 3.48. The second-order valence-electron chi connectivity index (χ2n) is 10.9. The molecule has 2 N–H and O–H groups in total. The van der Waals surface area contributed by atoms with Crippen LogP contribution in [-0.2, 0) is 40.3 Å². The maximum atomic E-state index is 14.6. The molecule has 1 aromatic heterocycles. The predicted molar refractivity (Wildman–Crippen MR) is 159 cm³/mol. The minimum Gasteiger partial charge on any atom is -0.493 e. The molecule has 0 saturated carbocycles. The van der Waals surface area contributed by atoms with Crippen molar-refractivity contribution < 1.29 is 33.0 Å². The molecular weight excluding hydrogens is 569 g/mol. The summed E-state index contributed by atoms with van der Waals surface area (Å²) >= 11 is 0. The van der Waals surface area contributed by atoms with Gasteiger partial charge >= 0.3 is 0 Å². The minimum absolute atomic E-state index is 0.0468. The molecule has 3 aromatic rings. The van der Waals surface area contributed by atoms with Crippen LogP contribution in [-0.4, -0.2) is 71.1 Å². The number of aryl methyl sites for hydroxylation is 3. The fourth-order valence-corrected chi connectivity index (χ4v) is 5.56. The number of aromatic nitrogens is 2. The number of carbonyl (C=O) groups is 3. The van der Waals surface area contributed by atoms with E-state index in [1.54, 1.807) is 29.3 Å². The highest BCUT2D eigenvalue weighted by Crippen LogP contribution is 2.29. The number of hydrogen-bond acceptors (Lipinski definition) is 7. The molecule has 2 aromatic carbocycles. The van der Waals surface area contributed by atoms with Gasteiger partial charge in [-0.1, -0.05) is 13.0 Å². The standard InChI is InChI=1S/C32H38FN5O6/c1-3-29-34-10-13-37(29)12-9-32(41)38-11-8-26-25(19-38)36-31(40)20-43-28-16-21(4-6-27(28)42-2)5-7-30(39)35-18-22-14-23(33)17-24(15-22)44-26/h4,6,10,13-17,25-26H,3,5,7-9,11-12,18-20H2,1-2H3,(H,35,39)(H,36,40)/t25-,26-/m1/s1. The van der Waals surface area contributed by atoms with E-state index in [-0.39, 0.29) is 50.1 Å². The van der Waals surface area contributed by atoms with Crippen molar-refractivity contribution in [2.45, 2.75) is 64.3 Å². The van der Waals surface area contributed by atoms with E-state index in [9.17, 15) is 18.8 Å². The van der Waals surface area contributed by atoms with Crippen LogP contribution < -0.4 is 24.8 Å². The molecule has 0 unspecified atom stereocenters. The summed E-state index contributed by atoms with van der Waals surface area (Å²) in [5, 5.41) is 5.82. The first-order valence-corrected chi connectivity index (χ1v) is 14.9. The van der Waals surface area contributed by atoms with E-state index in [1.165, 1.54) is 19.2 Å². The summed E-state index contributed by atoms with van der Waals surface area (Å²) in [6, 6.07) is 9.04. The fraction of sp³-hybridized carbons (Fsp3) is 0.438. The van der Waals surface area contributed by atoms with Gasteiger partial charge in [0, 0.05) is 70.3 Å². The lowest BCUT2D eigenvalue weighted by Crippen LogP contribution is -2.58. The monoisotopic (exact) mass is 607 g/mol. The summed E-state index contributed by atoms with van der Waals surface area (Å²) in [5.74, 6) is 0.893. The minimum atomic E-state index is -0.582. The molecule has 11 nitrogen and oxygen atoms in total. The van der Waals surface area contributed by atoms with E-state index in [4.69, 9.17) is 14.2 Å². The van der Waals surface area contributed by atoms with Crippen LogP contribution in [0, 0.1) is 5.82 Å². The van der Waals surface area contributed by atoms with Crippen LogP contribution in [0.4, 0.5) is 4.39 Å². The fourth-order valence-electron chi connectivity index (χ4n) is 5.56. The third-order valence-corrected chi connectivity index (χ3v) is 7.87. The summed E-state index contributed by atoms with van der Waals surface area (Å²) in [6.07, 6.45) is 5.17. The Morgan fingerprint density at radius 3 is 2.82 bits per heavy atom. The molecule has 0 radical (unpaired) electrons. The van der Waals surface area contributed by atoms with Crippen molar-refractivity contribution in [1.29, 1.82) is 0 Å². The number of hydrogen-bond donors (Lipinski definition) is 2. The Balaban J connectivity index is 1.35. The van der Waals surface area contributed by atoms with Gasteiger partial charge in [-0.05, 0) is 41.8 Å². The van der Waals surface area contributed by atoms with Gasteiger partial charge in [0.1, 0.15) is 23.5 Å². The first kappa shape index (κ1) is 30.8. The molecule has 3 amide bonds. The number of nitrogens with one attached hydrogen (secondary N) is 2. The largest absolute Gasteiger partial charge is 0.493 e. The number of amides is 3. The zero-order valence-electron chi connectivity index (χ0n) is 25.0. The zero-order chi connectivity index (χ0) is 31.1. The summed E-state index contributed by atoms with van der Waals surface area (Å²) in [6.45, 7) is 2.99. The van der Waals surface area contributed by atoms with Gasteiger partial charge < -0.3 is 34.3 Å². The third-order valence-electron chi connectivity index (χ3n) is 7.87. The van der Waals surface area contributed by atoms with Crippen molar-refractivity contribution in [1.82, 2.24) is 25.1 Å². The number of fused-ring (bicyclic) bond motifs is 5. The Kier molecular flexibility index (Phi) is 9.98. The van der Waals surface area contributed by atoms with E-state index >= 15 is 0 Å². The molecule has 12 heteroatoms. The Labute approximate surface area is 255 Å². The Morgan fingerprint density at radius 1 is 1.14 bits per heavy atom. The number of likely N-dealkylation sites (tertiary alicyclic amines) is 1. The van der Waals surface area contributed by atoms with Gasteiger partial charge in [0.25, 0.3) is 5.91 Å². The van der Waals surface area contributed by atoms with Gasteiger partial charge in [-0.25, -0.2) is 9.37 Å². The van der Waals surface area contributed by atoms with Crippen molar-refractivity contribution in [2.75, 3.05) is 26.8 Å². The summed E-state index contributed by atoms with van der Waals surface area (Å²) in [7, 11) is 1.51. The predicted octanol–water partition coefficient (Wildman–Crippen LogP) is 2.79. The second-order valence-corrected chi connectivity index (χ2v) is 10.9. The summed E-state index contributed by atoms with van der Waals surface area (Å²) in [4.78, 5) is 45.0. The normalized spacial score (nSPS) is 19.3. The van der Waals surface area contributed by atoms with E-state index in [0.717, 1.165) is 17.8 Å². The molecule has 0 aliphatic carbocycles. The number of halogens is 1. The number of benzene rings is 2. The molecule has 234 valence electrons. The van der Waals surface area contributed by atoms with E-state index < -0.39 is 23.9 Å². The molecule has 1 fully saturated rings. The van der Waals surface area contributed by atoms with Crippen molar-refractivity contribution in [2.24, 2.45) is 0 Å².